The first-order valence-electron chi connectivity index (χ1n) is 7.40. The van der Waals surface area contributed by atoms with Gasteiger partial charge in [0.1, 0.15) is 5.75 Å². The molecule has 0 atom stereocenters. The summed E-state index contributed by atoms with van der Waals surface area (Å²) >= 11 is 8.35. The Kier molecular flexibility index (Phi) is 6.91. The monoisotopic (exact) mass is 421 g/mol. The molecule has 3 N–H and O–H groups in total. The van der Waals surface area contributed by atoms with Crippen molar-refractivity contribution in [2.24, 2.45) is 0 Å². The van der Waals surface area contributed by atoms with Crippen molar-refractivity contribution in [1.29, 1.82) is 0 Å². The number of rotatable bonds is 4. The summed E-state index contributed by atoms with van der Waals surface area (Å²) in [6.45, 7) is 2.26. The zero-order valence-corrected chi connectivity index (χ0v) is 15.7. The Balaban J connectivity index is 1.95. The van der Waals surface area contributed by atoms with Gasteiger partial charge in [-0.1, -0.05) is 34.1 Å². The molecule has 0 unspecified atom stereocenters. The Morgan fingerprint density at radius 3 is 2.48 bits per heavy atom. The van der Waals surface area contributed by atoms with Crippen LogP contribution in [0.15, 0.2) is 53.0 Å². The van der Waals surface area contributed by atoms with Gasteiger partial charge in [0.15, 0.2) is 5.11 Å². The lowest BCUT2D eigenvalue weighted by Crippen LogP contribution is -2.48. The average molecular weight is 422 g/mol. The zero-order chi connectivity index (χ0) is 18.2. The number of hydrazine groups is 1. The molecule has 0 aliphatic rings. The minimum absolute atomic E-state index is 0.0308. The second kappa shape index (κ2) is 9.14. The van der Waals surface area contributed by atoms with Crippen LogP contribution in [0.25, 0.3) is 0 Å². The molecule has 0 bridgehead atoms. The number of benzene rings is 2. The van der Waals surface area contributed by atoms with Crippen LogP contribution in [0.1, 0.15) is 27.6 Å². The highest BCUT2D eigenvalue weighted by atomic mass is 79.9. The lowest BCUT2D eigenvalue weighted by Gasteiger charge is -2.13. The maximum absolute atomic E-state index is 12.4. The first-order chi connectivity index (χ1) is 12.0. The molecule has 0 saturated heterocycles. The lowest BCUT2D eigenvalue weighted by atomic mass is 10.2. The summed E-state index contributed by atoms with van der Waals surface area (Å²) in [5.74, 6) is -0.370. The number of carbonyl (C=O) groups excluding carboxylic acids is 2. The third-order valence-electron chi connectivity index (χ3n) is 3.04. The van der Waals surface area contributed by atoms with Gasteiger partial charge in [-0.3, -0.25) is 25.8 Å². The van der Waals surface area contributed by atoms with Crippen molar-refractivity contribution in [3.05, 3.63) is 64.1 Å². The summed E-state index contributed by atoms with van der Waals surface area (Å²) in [5.41, 5.74) is 5.71. The fraction of sp³-hybridized carbons (Fsp3) is 0.118. The molecule has 0 heterocycles. The first kappa shape index (κ1) is 18.9. The minimum atomic E-state index is -0.448. The van der Waals surface area contributed by atoms with E-state index in [0.717, 1.165) is 4.47 Å². The average Bonchev–Trinajstić information content (AvgIpc) is 2.62. The first-order valence-corrected chi connectivity index (χ1v) is 8.60. The van der Waals surface area contributed by atoms with E-state index in [2.05, 4.69) is 32.1 Å². The van der Waals surface area contributed by atoms with Crippen LogP contribution in [0.5, 0.6) is 5.75 Å². The van der Waals surface area contributed by atoms with Crippen LogP contribution in [0.2, 0.25) is 0 Å². The van der Waals surface area contributed by atoms with Crippen LogP contribution in [0.4, 0.5) is 0 Å². The van der Waals surface area contributed by atoms with Gasteiger partial charge in [-0.05, 0) is 49.5 Å². The van der Waals surface area contributed by atoms with E-state index < -0.39 is 5.91 Å². The molecular formula is C17H16BrN3O3S. The maximum atomic E-state index is 12.4. The number of ether oxygens (including phenoxy) is 1. The summed E-state index contributed by atoms with van der Waals surface area (Å²) in [5, 5.41) is 2.46. The normalized spacial score (nSPS) is 9.84. The van der Waals surface area contributed by atoms with Crippen molar-refractivity contribution in [3.63, 3.8) is 0 Å². The van der Waals surface area contributed by atoms with Gasteiger partial charge in [-0.2, -0.15) is 0 Å². The molecule has 6 nitrogen and oxygen atoms in total. The highest BCUT2D eigenvalue weighted by Gasteiger charge is 2.15. The predicted octanol–water partition coefficient (Wildman–Crippen LogP) is 2.80. The fourth-order valence-corrected chi connectivity index (χ4v) is 2.44. The van der Waals surface area contributed by atoms with Gasteiger partial charge in [0.25, 0.3) is 11.8 Å². The van der Waals surface area contributed by atoms with Crippen molar-refractivity contribution in [3.8, 4) is 5.75 Å². The van der Waals surface area contributed by atoms with E-state index in [0.29, 0.717) is 23.5 Å². The Labute approximate surface area is 159 Å². The van der Waals surface area contributed by atoms with Gasteiger partial charge in [0, 0.05) is 10.0 Å². The molecule has 2 aromatic rings. The standard InChI is InChI=1S/C17H16BrN3O3S/c1-2-24-14-9-8-12(18)10-13(14)16(23)19-17(25)21-20-15(22)11-6-4-3-5-7-11/h3-10H,2H2,1H3,(H,20,22)(H2,19,21,23,25). The molecule has 25 heavy (non-hydrogen) atoms. The maximum Gasteiger partial charge on any atom is 0.269 e. The van der Waals surface area contributed by atoms with Crippen LogP contribution < -0.4 is 20.9 Å². The summed E-state index contributed by atoms with van der Waals surface area (Å²) in [7, 11) is 0. The number of hydrogen-bond donors (Lipinski definition) is 3. The summed E-state index contributed by atoms with van der Waals surface area (Å²) < 4.78 is 6.17. The highest BCUT2D eigenvalue weighted by Crippen LogP contribution is 2.23. The minimum Gasteiger partial charge on any atom is -0.493 e. The predicted molar refractivity (Wildman–Crippen MR) is 102 cm³/mol. The van der Waals surface area contributed by atoms with E-state index in [-0.39, 0.29) is 11.0 Å². The SMILES string of the molecule is CCOc1ccc(Br)cc1C(=O)NC(=S)NNC(=O)c1ccccc1. The molecule has 0 fully saturated rings. The van der Waals surface area contributed by atoms with Crippen molar-refractivity contribution in [2.45, 2.75) is 6.92 Å². The third-order valence-corrected chi connectivity index (χ3v) is 3.74. The number of halogens is 1. The number of thiocarbonyl (C=S) groups is 1. The van der Waals surface area contributed by atoms with Gasteiger partial charge < -0.3 is 4.74 Å². The Hall–Kier alpha value is -2.45. The molecule has 0 spiro atoms. The summed E-state index contributed by atoms with van der Waals surface area (Å²) in [6, 6.07) is 13.7. The second-order valence-corrected chi connectivity index (χ2v) is 6.13. The van der Waals surface area contributed by atoms with E-state index in [1.165, 1.54) is 0 Å². The molecule has 2 amide bonds. The molecule has 2 rings (SSSR count). The molecule has 2 aromatic carbocycles. The smallest absolute Gasteiger partial charge is 0.269 e. The van der Waals surface area contributed by atoms with Crippen molar-refractivity contribution in [2.75, 3.05) is 6.61 Å². The van der Waals surface area contributed by atoms with Gasteiger partial charge in [-0.25, -0.2) is 0 Å². The summed E-state index contributed by atoms with van der Waals surface area (Å²) in [6.07, 6.45) is 0. The number of hydrogen-bond acceptors (Lipinski definition) is 4. The Morgan fingerprint density at radius 2 is 1.80 bits per heavy atom. The molecule has 0 aromatic heterocycles. The Morgan fingerprint density at radius 1 is 1.08 bits per heavy atom. The number of carbonyl (C=O) groups is 2. The third kappa shape index (κ3) is 5.54. The topological polar surface area (TPSA) is 79.5 Å². The van der Waals surface area contributed by atoms with Gasteiger partial charge in [0.05, 0.1) is 12.2 Å². The van der Waals surface area contributed by atoms with Crippen LogP contribution in [0, 0.1) is 0 Å². The van der Waals surface area contributed by atoms with E-state index >= 15 is 0 Å². The lowest BCUT2D eigenvalue weighted by molar-refractivity contribution is 0.0933. The number of amides is 2. The van der Waals surface area contributed by atoms with E-state index in [1.807, 2.05) is 13.0 Å². The highest BCUT2D eigenvalue weighted by molar-refractivity contribution is 9.10. The van der Waals surface area contributed by atoms with Crippen molar-refractivity contribution >= 4 is 45.1 Å². The van der Waals surface area contributed by atoms with Crippen LogP contribution in [0.3, 0.4) is 0 Å². The Bertz CT molecular complexity index is 784. The van der Waals surface area contributed by atoms with Crippen molar-refractivity contribution in [1.82, 2.24) is 16.2 Å². The van der Waals surface area contributed by atoms with E-state index in [1.54, 1.807) is 42.5 Å². The molecule has 0 saturated carbocycles. The van der Waals surface area contributed by atoms with Gasteiger partial charge in [-0.15, -0.1) is 0 Å². The van der Waals surface area contributed by atoms with Crippen LogP contribution in [-0.4, -0.2) is 23.5 Å². The van der Waals surface area contributed by atoms with Crippen LogP contribution >= 0.6 is 28.1 Å². The molecule has 8 heteroatoms. The van der Waals surface area contributed by atoms with E-state index in [4.69, 9.17) is 17.0 Å². The largest absolute Gasteiger partial charge is 0.493 e. The fourth-order valence-electron chi connectivity index (χ4n) is 1.94. The van der Waals surface area contributed by atoms with Crippen molar-refractivity contribution < 1.29 is 14.3 Å². The van der Waals surface area contributed by atoms with Crippen LogP contribution in [-0.2, 0) is 0 Å². The molecule has 0 radical (unpaired) electrons. The molecule has 0 aliphatic carbocycles. The molecule has 0 aliphatic heterocycles. The molecule has 130 valence electrons. The second-order valence-electron chi connectivity index (χ2n) is 4.80. The number of nitrogens with one attached hydrogen (secondary N) is 3. The zero-order valence-electron chi connectivity index (χ0n) is 13.3. The van der Waals surface area contributed by atoms with Gasteiger partial charge in [0.2, 0.25) is 0 Å². The quantitative estimate of drug-likeness (QED) is 0.522. The van der Waals surface area contributed by atoms with Gasteiger partial charge >= 0.3 is 0 Å². The summed E-state index contributed by atoms with van der Waals surface area (Å²) in [4.78, 5) is 24.3. The van der Waals surface area contributed by atoms with E-state index in [9.17, 15) is 9.59 Å². The molecular weight excluding hydrogens is 406 g/mol.